The third-order valence-electron chi connectivity index (χ3n) is 6.24. The maximum atomic E-state index is 12.4. The van der Waals surface area contributed by atoms with Crippen molar-refractivity contribution in [3.8, 4) is 16.9 Å². The summed E-state index contributed by atoms with van der Waals surface area (Å²) in [6.45, 7) is 4.46. The molecule has 33 heavy (non-hydrogen) atoms. The zero-order chi connectivity index (χ0) is 22.9. The second kappa shape index (κ2) is 8.62. The maximum absolute atomic E-state index is 12.4. The Balaban J connectivity index is 1.16. The van der Waals surface area contributed by atoms with Crippen LogP contribution in [0.3, 0.4) is 0 Å². The fourth-order valence-corrected chi connectivity index (χ4v) is 4.45. The van der Waals surface area contributed by atoms with Crippen molar-refractivity contribution >= 4 is 17.6 Å². The first kappa shape index (κ1) is 21.1. The normalized spacial score (nSPS) is 16.9. The number of carbonyl (C=O) groups is 2. The third kappa shape index (κ3) is 4.55. The number of hydrogen-bond donors (Lipinski definition) is 3. The first-order valence-corrected chi connectivity index (χ1v) is 11.3. The zero-order valence-corrected chi connectivity index (χ0v) is 18.8. The Hall–Kier alpha value is -3.80. The van der Waals surface area contributed by atoms with Crippen LogP contribution in [0, 0.1) is 0 Å². The van der Waals surface area contributed by atoms with Gasteiger partial charge in [0.05, 0.1) is 12.5 Å². The predicted molar refractivity (Wildman–Crippen MR) is 128 cm³/mol. The van der Waals surface area contributed by atoms with Crippen LogP contribution in [0.25, 0.3) is 11.1 Å². The molecule has 0 aromatic heterocycles. The molecule has 5 rings (SSSR count). The Bertz CT molecular complexity index is 1220. The van der Waals surface area contributed by atoms with Gasteiger partial charge in [0.1, 0.15) is 11.9 Å². The average molecular weight is 442 g/mol. The molecule has 0 fully saturated rings. The van der Waals surface area contributed by atoms with Crippen molar-refractivity contribution in [2.45, 2.75) is 45.4 Å². The lowest BCUT2D eigenvalue weighted by Crippen LogP contribution is -2.36. The van der Waals surface area contributed by atoms with E-state index in [-0.39, 0.29) is 24.1 Å². The van der Waals surface area contributed by atoms with Crippen molar-refractivity contribution in [1.82, 2.24) is 10.6 Å². The lowest BCUT2D eigenvalue weighted by molar-refractivity contribution is -0.115. The van der Waals surface area contributed by atoms with E-state index in [2.05, 4.69) is 47.1 Å². The molecule has 0 bridgehead atoms. The summed E-state index contributed by atoms with van der Waals surface area (Å²) < 4.78 is 5.79. The van der Waals surface area contributed by atoms with Crippen LogP contribution in [-0.2, 0) is 24.2 Å². The number of fused-ring (bicyclic) bond motifs is 2. The standard InChI is InChI=1S/C27H27N3O3/c1-16-11-23-13-21(8-10-25(23)33-16)19-5-3-18(4-6-19)15-28-27(32)29-17(2)20-7-9-24-22(12-20)14-26(31)30-24/h3-10,12-13,16-17H,11,14-15H2,1-2H3,(H,30,31)(H2,28,29,32). The van der Waals surface area contributed by atoms with Crippen LogP contribution in [0.4, 0.5) is 10.5 Å². The Morgan fingerprint density at radius 2 is 1.85 bits per heavy atom. The highest BCUT2D eigenvalue weighted by molar-refractivity contribution is 5.99. The topological polar surface area (TPSA) is 79.5 Å². The lowest BCUT2D eigenvalue weighted by atomic mass is 10.00. The molecular formula is C27H27N3O3. The van der Waals surface area contributed by atoms with Gasteiger partial charge in [-0.3, -0.25) is 4.79 Å². The van der Waals surface area contributed by atoms with E-state index in [1.165, 1.54) is 11.1 Å². The Morgan fingerprint density at radius 3 is 2.67 bits per heavy atom. The quantitative estimate of drug-likeness (QED) is 0.535. The van der Waals surface area contributed by atoms with Crippen molar-refractivity contribution < 1.29 is 14.3 Å². The molecule has 0 aliphatic carbocycles. The molecular weight excluding hydrogens is 414 g/mol. The van der Waals surface area contributed by atoms with Gasteiger partial charge in [-0.05, 0) is 65.4 Å². The summed E-state index contributed by atoms with van der Waals surface area (Å²) in [6, 6.07) is 20.0. The monoisotopic (exact) mass is 441 g/mol. The van der Waals surface area contributed by atoms with E-state index in [1.54, 1.807) is 0 Å². The second-order valence-corrected chi connectivity index (χ2v) is 8.84. The lowest BCUT2D eigenvalue weighted by Gasteiger charge is -2.16. The minimum absolute atomic E-state index is 0.00585. The number of urea groups is 1. The van der Waals surface area contributed by atoms with Crippen LogP contribution in [0.2, 0.25) is 0 Å². The molecule has 0 saturated carbocycles. The van der Waals surface area contributed by atoms with Gasteiger partial charge < -0.3 is 20.7 Å². The van der Waals surface area contributed by atoms with Crippen molar-refractivity contribution in [1.29, 1.82) is 0 Å². The summed E-state index contributed by atoms with van der Waals surface area (Å²) in [5.74, 6) is 0.990. The van der Waals surface area contributed by atoms with Crippen molar-refractivity contribution in [3.05, 3.63) is 82.9 Å². The number of ether oxygens (including phenoxy) is 1. The van der Waals surface area contributed by atoms with Gasteiger partial charge in [0.2, 0.25) is 5.91 Å². The number of benzene rings is 3. The van der Waals surface area contributed by atoms with E-state index in [0.29, 0.717) is 13.0 Å². The molecule has 2 heterocycles. The molecule has 0 radical (unpaired) electrons. The number of anilines is 1. The molecule has 6 heteroatoms. The molecule has 3 aromatic carbocycles. The van der Waals surface area contributed by atoms with Gasteiger partial charge in [0, 0.05) is 18.7 Å². The van der Waals surface area contributed by atoms with E-state index < -0.39 is 0 Å². The largest absolute Gasteiger partial charge is 0.490 e. The summed E-state index contributed by atoms with van der Waals surface area (Å²) in [7, 11) is 0. The summed E-state index contributed by atoms with van der Waals surface area (Å²) in [6.07, 6.45) is 1.57. The second-order valence-electron chi connectivity index (χ2n) is 8.84. The van der Waals surface area contributed by atoms with E-state index in [4.69, 9.17) is 4.74 Å². The van der Waals surface area contributed by atoms with Crippen LogP contribution >= 0.6 is 0 Å². The van der Waals surface area contributed by atoms with E-state index >= 15 is 0 Å². The highest BCUT2D eigenvalue weighted by Gasteiger charge is 2.20. The molecule has 6 nitrogen and oxygen atoms in total. The third-order valence-corrected chi connectivity index (χ3v) is 6.24. The highest BCUT2D eigenvalue weighted by atomic mass is 16.5. The average Bonchev–Trinajstić information content (AvgIpc) is 3.37. The van der Waals surface area contributed by atoms with Crippen LogP contribution in [0.1, 0.15) is 42.1 Å². The van der Waals surface area contributed by atoms with E-state index in [1.807, 2.05) is 43.3 Å². The first-order chi connectivity index (χ1) is 15.9. The Labute approximate surface area is 193 Å². The smallest absolute Gasteiger partial charge is 0.315 e. The van der Waals surface area contributed by atoms with Crippen LogP contribution in [-0.4, -0.2) is 18.0 Å². The molecule has 168 valence electrons. The van der Waals surface area contributed by atoms with Gasteiger partial charge >= 0.3 is 6.03 Å². The fraction of sp³-hybridized carbons (Fsp3) is 0.259. The van der Waals surface area contributed by atoms with Gasteiger partial charge in [-0.15, -0.1) is 0 Å². The number of nitrogens with one attached hydrogen (secondary N) is 3. The number of carbonyl (C=O) groups excluding carboxylic acids is 2. The van der Waals surface area contributed by atoms with Crippen LogP contribution in [0.5, 0.6) is 5.75 Å². The minimum Gasteiger partial charge on any atom is -0.490 e. The number of hydrogen-bond acceptors (Lipinski definition) is 3. The molecule has 2 unspecified atom stereocenters. The zero-order valence-electron chi connectivity index (χ0n) is 18.8. The highest BCUT2D eigenvalue weighted by Crippen LogP contribution is 2.33. The van der Waals surface area contributed by atoms with Gasteiger partial charge in [0.25, 0.3) is 0 Å². The number of amides is 3. The first-order valence-electron chi connectivity index (χ1n) is 11.3. The van der Waals surface area contributed by atoms with Crippen LogP contribution < -0.4 is 20.7 Å². The minimum atomic E-state index is -0.228. The van der Waals surface area contributed by atoms with E-state index in [0.717, 1.165) is 40.1 Å². The summed E-state index contributed by atoms with van der Waals surface area (Å²) in [4.78, 5) is 23.9. The predicted octanol–water partition coefficient (Wildman–Crippen LogP) is 4.73. The van der Waals surface area contributed by atoms with Crippen molar-refractivity contribution in [2.75, 3.05) is 5.32 Å². The molecule has 3 amide bonds. The molecule has 2 aliphatic heterocycles. The molecule has 3 N–H and O–H groups in total. The molecule has 0 spiro atoms. The van der Waals surface area contributed by atoms with Gasteiger partial charge in [0.15, 0.2) is 0 Å². The van der Waals surface area contributed by atoms with Crippen molar-refractivity contribution in [3.63, 3.8) is 0 Å². The van der Waals surface area contributed by atoms with Crippen LogP contribution in [0.15, 0.2) is 60.7 Å². The summed E-state index contributed by atoms with van der Waals surface area (Å²) >= 11 is 0. The Morgan fingerprint density at radius 1 is 1.06 bits per heavy atom. The number of rotatable bonds is 5. The van der Waals surface area contributed by atoms with Gasteiger partial charge in [-0.1, -0.05) is 42.5 Å². The fourth-order valence-electron chi connectivity index (χ4n) is 4.45. The van der Waals surface area contributed by atoms with Crippen molar-refractivity contribution in [2.24, 2.45) is 0 Å². The molecule has 0 saturated heterocycles. The SMILES string of the molecule is CC1Cc2cc(-c3ccc(CNC(=O)NC(C)c4ccc5c(c4)CC(=O)N5)cc3)ccc2O1. The molecule has 3 aromatic rings. The van der Waals surface area contributed by atoms with E-state index in [9.17, 15) is 9.59 Å². The van der Waals surface area contributed by atoms with Gasteiger partial charge in [-0.2, -0.15) is 0 Å². The molecule has 2 aliphatic rings. The summed E-state index contributed by atoms with van der Waals surface area (Å²) in [5, 5.41) is 8.72. The molecule has 2 atom stereocenters. The van der Waals surface area contributed by atoms with Gasteiger partial charge in [-0.25, -0.2) is 4.79 Å². The Kier molecular flexibility index (Phi) is 5.50. The summed E-state index contributed by atoms with van der Waals surface area (Å²) in [5.41, 5.74) is 7.39. The maximum Gasteiger partial charge on any atom is 0.315 e.